The Balaban J connectivity index is 1.49. The molecule has 3 aliphatic rings. The molecule has 0 saturated carbocycles. The molecule has 3 heterocycles. The first kappa shape index (κ1) is 22.2. The van der Waals surface area contributed by atoms with E-state index >= 15 is 0 Å². The Morgan fingerprint density at radius 3 is 2.39 bits per heavy atom. The molecule has 178 valence electrons. The summed E-state index contributed by atoms with van der Waals surface area (Å²) >= 11 is 6.01. The summed E-state index contributed by atoms with van der Waals surface area (Å²) in [6.07, 6.45) is 3.60. The van der Waals surface area contributed by atoms with E-state index in [-0.39, 0.29) is 17.2 Å². The number of benzene rings is 3. The number of anilines is 1. The Labute approximate surface area is 210 Å². The maximum atomic E-state index is 13.9. The van der Waals surface area contributed by atoms with E-state index in [0.717, 1.165) is 16.0 Å². The average molecular weight is 500 g/mol. The fourth-order valence-corrected chi connectivity index (χ4v) is 5.77. The topological polar surface area (TPSA) is 101 Å². The van der Waals surface area contributed by atoms with Crippen molar-refractivity contribution in [3.63, 3.8) is 0 Å². The van der Waals surface area contributed by atoms with Gasteiger partial charge in [-0.1, -0.05) is 48.0 Å². The van der Waals surface area contributed by atoms with Crippen molar-refractivity contribution in [1.82, 2.24) is 4.90 Å². The molecule has 0 aromatic heterocycles. The number of imide groups is 1. The molecule has 0 N–H and O–H groups in total. The van der Waals surface area contributed by atoms with Crippen LogP contribution in [0, 0.1) is 22.0 Å². The van der Waals surface area contributed by atoms with Crippen molar-refractivity contribution >= 4 is 46.6 Å². The van der Waals surface area contributed by atoms with Crippen LogP contribution in [0.4, 0.5) is 11.4 Å². The van der Waals surface area contributed by atoms with Crippen LogP contribution >= 0.6 is 11.6 Å². The predicted molar refractivity (Wildman–Crippen MR) is 132 cm³/mol. The molecule has 36 heavy (non-hydrogen) atoms. The van der Waals surface area contributed by atoms with Gasteiger partial charge in [-0.2, -0.15) is 0 Å². The van der Waals surface area contributed by atoms with Gasteiger partial charge in [0.1, 0.15) is 6.04 Å². The predicted octanol–water partition coefficient (Wildman–Crippen LogP) is 4.65. The van der Waals surface area contributed by atoms with E-state index in [1.54, 1.807) is 35.4 Å². The number of amides is 2. The molecule has 0 unspecified atom stereocenters. The number of nitro groups is 1. The summed E-state index contributed by atoms with van der Waals surface area (Å²) in [4.78, 5) is 55.2. The lowest BCUT2D eigenvalue weighted by Gasteiger charge is -2.35. The molecule has 2 saturated heterocycles. The molecule has 0 aliphatic carbocycles. The van der Waals surface area contributed by atoms with Crippen LogP contribution in [0.5, 0.6) is 0 Å². The molecule has 6 rings (SSSR count). The summed E-state index contributed by atoms with van der Waals surface area (Å²) in [5, 5.41) is 11.8. The Bertz CT molecular complexity index is 1480. The van der Waals surface area contributed by atoms with Gasteiger partial charge in [-0.3, -0.25) is 24.5 Å². The number of fused-ring (bicyclic) bond motifs is 5. The molecule has 0 spiro atoms. The highest BCUT2D eigenvalue weighted by molar-refractivity contribution is 6.31. The van der Waals surface area contributed by atoms with Crippen LogP contribution in [0.1, 0.15) is 27.5 Å². The van der Waals surface area contributed by atoms with Gasteiger partial charge >= 0.3 is 0 Å². The van der Waals surface area contributed by atoms with E-state index in [1.165, 1.54) is 24.3 Å². The van der Waals surface area contributed by atoms with Gasteiger partial charge in [-0.25, -0.2) is 4.90 Å². The van der Waals surface area contributed by atoms with Crippen LogP contribution in [0.2, 0.25) is 5.02 Å². The third-order valence-corrected chi connectivity index (χ3v) is 7.41. The molecule has 3 aliphatic heterocycles. The van der Waals surface area contributed by atoms with Crippen molar-refractivity contribution in [2.45, 2.75) is 12.1 Å². The number of nitrogens with zero attached hydrogens (tertiary/aromatic N) is 3. The van der Waals surface area contributed by atoms with Crippen LogP contribution in [-0.4, -0.2) is 33.5 Å². The maximum Gasteiger partial charge on any atom is 0.270 e. The van der Waals surface area contributed by atoms with Crippen molar-refractivity contribution in [3.05, 3.63) is 111 Å². The molecule has 3 aromatic carbocycles. The number of rotatable bonds is 4. The van der Waals surface area contributed by atoms with Gasteiger partial charge in [0.15, 0.2) is 5.78 Å². The molecular formula is C27H18ClN3O5. The molecule has 8 nitrogen and oxygen atoms in total. The zero-order valence-corrected chi connectivity index (χ0v) is 19.4. The van der Waals surface area contributed by atoms with Crippen LogP contribution in [0.15, 0.2) is 79.0 Å². The summed E-state index contributed by atoms with van der Waals surface area (Å²) < 4.78 is 0. The Morgan fingerprint density at radius 1 is 0.917 bits per heavy atom. The quantitative estimate of drug-likeness (QED) is 0.224. The first-order valence-corrected chi connectivity index (χ1v) is 11.7. The van der Waals surface area contributed by atoms with Gasteiger partial charge in [0.2, 0.25) is 11.8 Å². The van der Waals surface area contributed by atoms with Crippen LogP contribution in [0.3, 0.4) is 0 Å². The fraction of sp³-hybridized carbons (Fsp3) is 0.148. The third-order valence-electron chi connectivity index (χ3n) is 7.16. The minimum atomic E-state index is -1.000. The number of halogens is 1. The summed E-state index contributed by atoms with van der Waals surface area (Å²) in [6, 6.07) is 17.9. The molecule has 0 radical (unpaired) electrons. The SMILES string of the molecule is O=C(c1cccc([N+](=O)[O-])c1)[C@@H]1[C@@H]2C(=O)N(c3ccc(Cl)cc3)C(=O)[C@@H]2[C@H]2c3ccccc3C=CN12. The fourth-order valence-electron chi connectivity index (χ4n) is 5.65. The first-order chi connectivity index (χ1) is 17.4. The van der Waals surface area contributed by atoms with Gasteiger partial charge in [-0.05, 0) is 41.5 Å². The highest BCUT2D eigenvalue weighted by Crippen LogP contribution is 2.53. The average Bonchev–Trinajstić information content (AvgIpc) is 3.37. The zero-order valence-electron chi connectivity index (χ0n) is 18.7. The van der Waals surface area contributed by atoms with Crippen molar-refractivity contribution in [2.24, 2.45) is 11.8 Å². The Kier molecular flexibility index (Phi) is 5.01. The zero-order chi connectivity index (χ0) is 25.1. The molecule has 0 bridgehead atoms. The van der Waals surface area contributed by atoms with E-state index in [4.69, 9.17) is 11.6 Å². The minimum absolute atomic E-state index is 0.117. The number of nitro benzene ring substituents is 1. The standard InChI is InChI=1S/C27H18ClN3O5/c28-17-8-10-18(11-9-17)30-26(33)21-22(27(30)34)24(25(32)16-5-3-6-19(14-16)31(35)36)29-13-12-15-4-1-2-7-20(15)23(21)29/h1-14,21-24H/t21-,22+,23+,24-/m0/s1. The van der Waals surface area contributed by atoms with E-state index in [1.807, 2.05) is 30.3 Å². The number of ketones is 1. The number of carbonyl (C=O) groups is 3. The smallest absolute Gasteiger partial charge is 0.270 e. The molecule has 4 atom stereocenters. The number of hydrogen-bond acceptors (Lipinski definition) is 6. The van der Waals surface area contributed by atoms with Crippen LogP contribution in [0.25, 0.3) is 6.08 Å². The van der Waals surface area contributed by atoms with Crippen LogP contribution < -0.4 is 4.90 Å². The van der Waals surface area contributed by atoms with E-state index in [9.17, 15) is 24.5 Å². The summed E-state index contributed by atoms with van der Waals surface area (Å²) in [5.41, 5.74) is 2.04. The van der Waals surface area contributed by atoms with Crippen molar-refractivity contribution in [2.75, 3.05) is 4.90 Å². The van der Waals surface area contributed by atoms with Gasteiger partial charge in [0.05, 0.1) is 28.5 Å². The largest absolute Gasteiger partial charge is 0.358 e. The third kappa shape index (κ3) is 3.18. The summed E-state index contributed by atoms with van der Waals surface area (Å²) in [6.45, 7) is 0. The van der Waals surface area contributed by atoms with E-state index in [2.05, 4.69) is 0 Å². The van der Waals surface area contributed by atoms with Crippen molar-refractivity contribution < 1.29 is 19.3 Å². The lowest BCUT2D eigenvalue weighted by molar-refractivity contribution is -0.384. The van der Waals surface area contributed by atoms with Gasteiger partial charge in [0, 0.05) is 28.9 Å². The second kappa shape index (κ2) is 8.13. The summed E-state index contributed by atoms with van der Waals surface area (Å²) in [7, 11) is 0. The van der Waals surface area contributed by atoms with Crippen molar-refractivity contribution in [3.8, 4) is 0 Å². The number of Topliss-reactive ketones (excluding diaryl/α,β-unsaturated/α-hetero) is 1. The van der Waals surface area contributed by atoms with Gasteiger partial charge in [0.25, 0.3) is 5.69 Å². The molecule has 9 heteroatoms. The molecular weight excluding hydrogens is 482 g/mol. The van der Waals surface area contributed by atoms with E-state index < -0.39 is 40.5 Å². The normalized spacial score (nSPS) is 23.9. The maximum absolute atomic E-state index is 13.9. The second-order valence-corrected chi connectivity index (χ2v) is 9.43. The van der Waals surface area contributed by atoms with E-state index in [0.29, 0.717) is 10.7 Å². The lowest BCUT2D eigenvalue weighted by Crippen LogP contribution is -2.44. The number of hydrogen-bond donors (Lipinski definition) is 0. The lowest BCUT2D eigenvalue weighted by atomic mass is 9.83. The monoisotopic (exact) mass is 499 g/mol. The Morgan fingerprint density at radius 2 is 1.64 bits per heavy atom. The molecule has 2 fully saturated rings. The first-order valence-electron chi connectivity index (χ1n) is 11.3. The number of carbonyl (C=O) groups excluding carboxylic acids is 3. The van der Waals surface area contributed by atoms with Crippen molar-refractivity contribution in [1.29, 1.82) is 0 Å². The highest BCUT2D eigenvalue weighted by atomic mass is 35.5. The summed E-state index contributed by atoms with van der Waals surface area (Å²) in [5.74, 6) is -3.06. The minimum Gasteiger partial charge on any atom is -0.358 e. The second-order valence-electron chi connectivity index (χ2n) is 8.99. The van der Waals surface area contributed by atoms with Gasteiger partial charge < -0.3 is 4.90 Å². The van der Waals surface area contributed by atoms with Gasteiger partial charge in [-0.15, -0.1) is 0 Å². The Hall–Kier alpha value is -4.30. The van der Waals surface area contributed by atoms with Crippen LogP contribution in [-0.2, 0) is 9.59 Å². The molecule has 2 amide bonds. The highest BCUT2D eigenvalue weighted by Gasteiger charge is 2.64. The molecule has 3 aromatic rings. The number of non-ortho nitro benzene ring substituents is 1.